The number of amides is 1. The van der Waals surface area contributed by atoms with Crippen molar-refractivity contribution in [2.75, 3.05) is 39.2 Å². The number of methoxy groups -OCH3 is 1. The van der Waals surface area contributed by atoms with Crippen LogP contribution >= 0.6 is 0 Å². The van der Waals surface area contributed by atoms with Gasteiger partial charge in [0.25, 0.3) is 5.91 Å². The van der Waals surface area contributed by atoms with Gasteiger partial charge < -0.3 is 25.4 Å². The van der Waals surface area contributed by atoms with E-state index in [1.165, 1.54) is 23.4 Å². The number of hydrogen-bond donors (Lipinski definition) is 2. The number of hydrogen-bond acceptors (Lipinski definition) is 7. The number of likely N-dealkylation sites (N-methyl/N-ethyl adjacent to an activating group) is 1. The molecule has 0 unspecified atom stereocenters. The second kappa shape index (κ2) is 10.8. The SMILES string of the molecule is COc1cc2c(cc1Cc1ncc(C(N)=O)c(Nc3c(F)cccc3C3CCOCC3)n1)CN(C)CC2. The van der Waals surface area contributed by atoms with Crippen LogP contribution < -0.4 is 15.8 Å². The smallest absolute Gasteiger partial charge is 0.254 e. The van der Waals surface area contributed by atoms with Crippen LogP contribution in [-0.2, 0) is 24.1 Å². The van der Waals surface area contributed by atoms with E-state index >= 15 is 4.39 Å². The second-order valence-corrected chi connectivity index (χ2v) is 9.73. The third kappa shape index (κ3) is 5.42. The average molecular weight is 506 g/mol. The van der Waals surface area contributed by atoms with Crippen LogP contribution in [-0.4, -0.2) is 54.7 Å². The molecule has 0 saturated carbocycles. The van der Waals surface area contributed by atoms with Crippen LogP contribution in [0.5, 0.6) is 5.75 Å². The van der Waals surface area contributed by atoms with E-state index in [1.807, 2.05) is 6.07 Å². The van der Waals surface area contributed by atoms with Gasteiger partial charge >= 0.3 is 0 Å². The molecule has 1 saturated heterocycles. The van der Waals surface area contributed by atoms with Crippen molar-refractivity contribution in [3.8, 4) is 5.75 Å². The molecule has 3 heterocycles. The number of nitrogens with zero attached hydrogens (tertiary/aromatic N) is 3. The average Bonchev–Trinajstić information content (AvgIpc) is 2.90. The lowest BCUT2D eigenvalue weighted by Crippen LogP contribution is -2.26. The van der Waals surface area contributed by atoms with Crippen LogP contribution in [0.2, 0.25) is 0 Å². The number of fused-ring (bicyclic) bond motifs is 1. The van der Waals surface area contributed by atoms with Gasteiger partial charge in [0, 0.05) is 44.5 Å². The summed E-state index contributed by atoms with van der Waals surface area (Å²) in [5.41, 5.74) is 10.4. The van der Waals surface area contributed by atoms with Crippen LogP contribution in [0, 0.1) is 5.82 Å². The van der Waals surface area contributed by atoms with Crippen molar-refractivity contribution < 1.29 is 18.7 Å². The van der Waals surface area contributed by atoms with Crippen molar-refractivity contribution in [3.05, 3.63) is 76.0 Å². The predicted molar refractivity (Wildman–Crippen MR) is 139 cm³/mol. The van der Waals surface area contributed by atoms with Gasteiger partial charge in [-0.2, -0.15) is 0 Å². The fourth-order valence-electron chi connectivity index (χ4n) is 5.20. The Morgan fingerprint density at radius 2 is 2.08 bits per heavy atom. The van der Waals surface area contributed by atoms with Crippen LogP contribution in [0.15, 0.2) is 36.5 Å². The number of benzene rings is 2. The van der Waals surface area contributed by atoms with E-state index in [9.17, 15) is 4.79 Å². The van der Waals surface area contributed by atoms with Crippen molar-refractivity contribution in [1.29, 1.82) is 0 Å². The topological polar surface area (TPSA) is 103 Å². The molecule has 0 spiro atoms. The van der Waals surface area contributed by atoms with Gasteiger partial charge in [-0.25, -0.2) is 14.4 Å². The molecule has 0 bridgehead atoms. The van der Waals surface area contributed by atoms with Gasteiger partial charge in [-0.15, -0.1) is 0 Å². The molecular formula is C28H32FN5O3. The van der Waals surface area contributed by atoms with Gasteiger partial charge in [0.15, 0.2) is 0 Å². The summed E-state index contributed by atoms with van der Waals surface area (Å²) < 4.78 is 26.2. The molecule has 2 aliphatic rings. The van der Waals surface area contributed by atoms with Crippen molar-refractivity contribution >= 4 is 17.4 Å². The molecule has 37 heavy (non-hydrogen) atoms. The molecule has 8 nitrogen and oxygen atoms in total. The molecule has 1 amide bonds. The Morgan fingerprint density at radius 1 is 1.27 bits per heavy atom. The lowest BCUT2D eigenvalue weighted by atomic mass is 9.90. The number of carbonyl (C=O) groups is 1. The minimum atomic E-state index is -0.688. The van der Waals surface area contributed by atoms with E-state index in [4.69, 9.17) is 15.2 Å². The van der Waals surface area contributed by atoms with Gasteiger partial charge in [0.05, 0.1) is 12.8 Å². The van der Waals surface area contributed by atoms with Crippen molar-refractivity contribution in [3.63, 3.8) is 0 Å². The van der Waals surface area contributed by atoms with Gasteiger partial charge in [0.2, 0.25) is 0 Å². The first-order valence-corrected chi connectivity index (χ1v) is 12.6. The fraction of sp³-hybridized carbons (Fsp3) is 0.393. The highest BCUT2D eigenvalue weighted by Gasteiger charge is 2.23. The minimum absolute atomic E-state index is 0.101. The molecule has 2 aliphatic heterocycles. The van der Waals surface area contributed by atoms with Crippen molar-refractivity contribution in [2.45, 2.75) is 38.1 Å². The first-order valence-electron chi connectivity index (χ1n) is 12.6. The predicted octanol–water partition coefficient (Wildman–Crippen LogP) is 3.94. The summed E-state index contributed by atoms with van der Waals surface area (Å²) in [6, 6.07) is 9.23. The molecule has 1 aromatic heterocycles. The van der Waals surface area contributed by atoms with E-state index in [0.717, 1.165) is 49.2 Å². The molecule has 194 valence electrons. The molecule has 3 N–H and O–H groups in total. The van der Waals surface area contributed by atoms with Gasteiger partial charge in [0.1, 0.15) is 28.8 Å². The molecule has 2 aromatic carbocycles. The Bertz CT molecular complexity index is 1310. The maximum Gasteiger partial charge on any atom is 0.254 e. The number of anilines is 2. The summed E-state index contributed by atoms with van der Waals surface area (Å²) in [6.45, 7) is 3.13. The number of halogens is 1. The van der Waals surface area contributed by atoms with E-state index in [-0.39, 0.29) is 17.3 Å². The summed E-state index contributed by atoms with van der Waals surface area (Å²) in [5, 5.41) is 3.09. The lowest BCUT2D eigenvalue weighted by molar-refractivity contribution is 0.0854. The number of carbonyl (C=O) groups excluding carboxylic acids is 1. The maximum absolute atomic E-state index is 15.1. The van der Waals surface area contributed by atoms with Crippen LogP contribution in [0.1, 0.15) is 57.2 Å². The van der Waals surface area contributed by atoms with Gasteiger partial charge in [-0.05, 0) is 61.1 Å². The van der Waals surface area contributed by atoms with Gasteiger partial charge in [-0.3, -0.25) is 4.79 Å². The van der Waals surface area contributed by atoms with Gasteiger partial charge in [-0.1, -0.05) is 18.2 Å². The number of rotatable bonds is 7. The number of aromatic nitrogens is 2. The largest absolute Gasteiger partial charge is 0.496 e. The zero-order valence-corrected chi connectivity index (χ0v) is 21.2. The van der Waals surface area contributed by atoms with Crippen molar-refractivity contribution in [1.82, 2.24) is 14.9 Å². The van der Waals surface area contributed by atoms with E-state index in [1.54, 1.807) is 13.2 Å². The molecule has 5 rings (SSSR count). The molecule has 0 aliphatic carbocycles. The number of para-hydroxylation sites is 1. The Kier molecular flexibility index (Phi) is 7.34. The highest BCUT2D eigenvalue weighted by molar-refractivity contribution is 5.98. The number of ether oxygens (including phenoxy) is 2. The first kappa shape index (κ1) is 25.1. The van der Waals surface area contributed by atoms with Crippen molar-refractivity contribution in [2.24, 2.45) is 5.73 Å². The highest BCUT2D eigenvalue weighted by Crippen LogP contribution is 2.36. The third-order valence-electron chi connectivity index (χ3n) is 7.21. The quantitative estimate of drug-likeness (QED) is 0.501. The summed E-state index contributed by atoms with van der Waals surface area (Å²) in [5.74, 6) is 0.471. The van der Waals surface area contributed by atoms with Crippen LogP contribution in [0.4, 0.5) is 15.9 Å². The Morgan fingerprint density at radius 3 is 2.84 bits per heavy atom. The summed E-state index contributed by atoms with van der Waals surface area (Å²) >= 11 is 0. The maximum atomic E-state index is 15.1. The number of primary amides is 1. The Hall–Kier alpha value is -3.56. The summed E-state index contributed by atoms with van der Waals surface area (Å²) in [6.07, 6.45) is 4.35. The first-order chi connectivity index (χ1) is 17.9. The monoisotopic (exact) mass is 505 g/mol. The summed E-state index contributed by atoms with van der Waals surface area (Å²) in [4.78, 5) is 23.5. The standard InChI is InChI=1S/C28H32FN5O3/c1-34-9-6-18-13-24(36-2)19(12-20(18)16-34)14-25-31-15-22(27(30)35)28(32-25)33-26-21(4-3-5-23(26)29)17-7-10-37-11-8-17/h3-5,12-13,15,17H,6-11,14,16H2,1-2H3,(H2,30,35)(H,31,32,33). The summed E-state index contributed by atoms with van der Waals surface area (Å²) in [7, 11) is 3.76. The lowest BCUT2D eigenvalue weighted by Gasteiger charge is -2.26. The molecule has 1 fully saturated rings. The van der Waals surface area contributed by atoms with E-state index < -0.39 is 11.7 Å². The Balaban J connectivity index is 1.49. The third-order valence-corrected chi connectivity index (χ3v) is 7.21. The fourth-order valence-corrected chi connectivity index (χ4v) is 5.20. The molecule has 0 radical (unpaired) electrons. The minimum Gasteiger partial charge on any atom is -0.496 e. The molecular weight excluding hydrogens is 473 g/mol. The van der Waals surface area contributed by atoms with E-state index in [2.05, 4.69) is 39.4 Å². The number of nitrogens with one attached hydrogen (secondary N) is 1. The molecule has 0 atom stereocenters. The highest BCUT2D eigenvalue weighted by atomic mass is 19.1. The number of nitrogens with two attached hydrogens (primary N) is 1. The second-order valence-electron chi connectivity index (χ2n) is 9.73. The zero-order valence-electron chi connectivity index (χ0n) is 21.2. The van der Waals surface area contributed by atoms with Crippen LogP contribution in [0.3, 0.4) is 0 Å². The normalized spacial score (nSPS) is 16.3. The molecule has 9 heteroatoms. The molecule has 3 aromatic rings. The van der Waals surface area contributed by atoms with E-state index in [0.29, 0.717) is 31.1 Å². The Labute approximate surface area is 216 Å². The zero-order chi connectivity index (χ0) is 25.9. The van der Waals surface area contributed by atoms with Crippen LogP contribution in [0.25, 0.3) is 0 Å².